The third kappa shape index (κ3) is 3.91. The van der Waals surface area contributed by atoms with Gasteiger partial charge in [-0.25, -0.2) is 4.39 Å². The standard InChI is InChI=1S/C17H16ClFO/c1-11-5-12(2)7-14(6-11)17(20)4-3-13-8-15(18)10-16(19)9-13/h5-10H,3-4H2,1-2H3. The molecule has 0 aliphatic carbocycles. The Bertz CT molecular complexity index is 609. The minimum absolute atomic E-state index is 0.0668. The molecule has 0 heterocycles. The molecule has 0 N–H and O–H groups in total. The molecular formula is C17H16ClFO. The van der Waals surface area contributed by atoms with Crippen molar-refractivity contribution in [3.8, 4) is 0 Å². The molecule has 0 bridgehead atoms. The summed E-state index contributed by atoms with van der Waals surface area (Å²) in [5.74, 6) is -0.302. The second-order valence-corrected chi connectivity index (χ2v) is 5.51. The fourth-order valence-electron chi connectivity index (χ4n) is 2.29. The van der Waals surface area contributed by atoms with Gasteiger partial charge in [0.15, 0.2) is 5.78 Å². The molecule has 0 saturated heterocycles. The fraction of sp³-hybridized carbons (Fsp3) is 0.235. The zero-order valence-electron chi connectivity index (χ0n) is 11.5. The first-order chi connectivity index (χ1) is 9.44. The van der Waals surface area contributed by atoms with E-state index in [1.807, 2.05) is 32.0 Å². The van der Waals surface area contributed by atoms with E-state index in [0.29, 0.717) is 23.4 Å². The van der Waals surface area contributed by atoms with Crippen LogP contribution in [0.25, 0.3) is 0 Å². The van der Waals surface area contributed by atoms with Gasteiger partial charge in [0.25, 0.3) is 0 Å². The van der Waals surface area contributed by atoms with E-state index >= 15 is 0 Å². The number of rotatable bonds is 4. The van der Waals surface area contributed by atoms with Gasteiger partial charge in [0.1, 0.15) is 5.82 Å². The lowest BCUT2D eigenvalue weighted by molar-refractivity contribution is 0.0982. The van der Waals surface area contributed by atoms with Crippen molar-refractivity contribution in [3.05, 3.63) is 69.5 Å². The maximum atomic E-state index is 13.2. The molecule has 0 aliphatic heterocycles. The van der Waals surface area contributed by atoms with Crippen LogP contribution in [0.5, 0.6) is 0 Å². The summed E-state index contributed by atoms with van der Waals surface area (Å²) in [6.45, 7) is 3.94. The van der Waals surface area contributed by atoms with Crippen molar-refractivity contribution >= 4 is 17.4 Å². The quantitative estimate of drug-likeness (QED) is 0.731. The number of aryl methyl sites for hydroxylation is 3. The van der Waals surface area contributed by atoms with Crippen molar-refractivity contribution in [1.29, 1.82) is 0 Å². The summed E-state index contributed by atoms with van der Waals surface area (Å²) in [5.41, 5.74) is 3.60. The van der Waals surface area contributed by atoms with Crippen LogP contribution in [0.1, 0.15) is 33.5 Å². The highest BCUT2D eigenvalue weighted by Crippen LogP contribution is 2.17. The van der Waals surface area contributed by atoms with Crippen molar-refractivity contribution in [2.45, 2.75) is 26.7 Å². The van der Waals surface area contributed by atoms with Crippen LogP contribution in [-0.2, 0) is 6.42 Å². The lowest BCUT2D eigenvalue weighted by atomic mass is 9.99. The van der Waals surface area contributed by atoms with E-state index in [-0.39, 0.29) is 11.6 Å². The molecule has 0 fully saturated rings. The van der Waals surface area contributed by atoms with Crippen LogP contribution in [0.15, 0.2) is 36.4 Å². The second kappa shape index (κ2) is 6.19. The van der Waals surface area contributed by atoms with Crippen molar-refractivity contribution in [1.82, 2.24) is 0 Å². The Morgan fingerprint density at radius 1 is 1.05 bits per heavy atom. The van der Waals surface area contributed by atoms with E-state index in [2.05, 4.69) is 0 Å². The number of carbonyl (C=O) groups excluding carboxylic acids is 1. The topological polar surface area (TPSA) is 17.1 Å². The Kier molecular flexibility index (Phi) is 4.56. The van der Waals surface area contributed by atoms with Crippen molar-refractivity contribution in [2.75, 3.05) is 0 Å². The molecule has 0 unspecified atom stereocenters. The smallest absolute Gasteiger partial charge is 0.163 e. The third-order valence-corrected chi connectivity index (χ3v) is 3.32. The molecule has 0 radical (unpaired) electrons. The first-order valence-corrected chi connectivity index (χ1v) is 6.88. The van der Waals surface area contributed by atoms with Gasteiger partial charge < -0.3 is 0 Å². The molecule has 3 heteroatoms. The third-order valence-electron chi connectivity index (χ3n) is 3.11. The van der Waals surface area contributed by atoms with E-state index in [4.69, 9.17) is 11.6 Å². The molecule has 1 nitrogen and oxygen atoms in total. The molecule has 0 amide bonds. The summed E-state index contributed by atoms with van der Waals surface area (Å²) in [4.78, 5) is 12.2. The molecule has 2 rings (SSSR count). The monoisotopic (exact) mass is 290 g/mol. The predicted molar refractivity (Wildman–Crippen MR) is 80.0 cm³/mol. The first-order valence-electron chi connectivity index (χ1n) is 6.50. The van der Waals surface area contributed by atoms with Crippen LogP contribution in [0.4, 0.5) is 4.39 Å². The molecule has 20 heavy (non-hydrogen) atoms. The average molecular weight is 291 g/mol. The fourth-order valence-corrected chi connectivity index (χ4v) is 2.54. The number of halogens is 2. The van der Waals surface area contributed by atoms with Crippen LogP contribution < -0.4 is 0 Å². The maximum absolute atomic E-state index is 13.2. The molecule has 0 atom stereocenters. The minimum atomic E-state index is -0.369. The normalized spacial score (nSPS) is 10.6. The lowest BCUT2D eigenvalue weighted by Crippen LogP contribution is -2.02. The van der Waals surface area contributed by atoms with Gasteiger partial charge in [0.05, 0.1) is 0 Å². The summed E-state index contributed by atoms with van der Waals surface area (Å²) in [6.07, 6.45) is 0.839. The van der Waals surface area contributed by atoms with Crippen LogP contribution in [0, 0.1) is 19.7 Å². The summed E-state index contributed by atoms with van der Waals surface area (Å²) in [5, 5.41) is 0.360. The largest absolute Gasteiger partial charge is 0.294 e. The molecule has 0 aromatic heterocycles. The van der Waals surface area contributed by atoms with Gasteiger partial charge in [-0.1, -0.05) is 28.8 Å². The van der Waals surface area contributed by atoms with Crippen LogP contribution in [0.3, 0.4) is 0 Å². The average Bonchev–Trinajstić information content (AvgIpc) is 2.33. The van der Waals surface area contributed by atoms with Gasteiger partial charge in [-0.2, -0.15) is 0 Å². The molecular weight excluding hydrogens is 275 g/mol. The molecule has 0 aliphatic rings. The Morgan fingerprint density at radius 2 is 1.70 bits per heavy atom. The van der Waals surface area contributed by atoms with Crippen LogP contribution in [-0.4, -0.2) is 5.78 Å². The van der Waals surface area contributed by atoms with E-state index < -0.39 is 0 Å². The maximum Gasteiger partial charge on any atom is 0.163 e. The van der Waals surface area contributed by atoms with Gasteiger partial charge >= 0.3 is 0 Å². The summed E-state index contributed by atoms with van der Waals surface area (Å²) < 4.78 is 13.2. The second-order valence-electron chi connectivity index (χ2n) is 5.08. The molecule has 0 spiro atoms. The lowest BCUT2D eigenvalue weighted by Gasteiger charge is -2.05. The Balaban J connectivity index is 2.08. The number of Topliss-reactive ketones (excluding diaryl/α,β-unsaturated/α-hetero) is 1. The number of benzene rings is 2. The molecule has 2 aromatic rings. The van der Waals surface area contributed by atoms with Gasteiger partial charge in [0.2, 0.25) is 0 Å². The van der Waals surface area contributed by atoms with Crippen LogP contribution in [0.2, 0.25) is 5.02 Å². The zero-order chi connectivity index (χ0) is 14.7. The van der Waals surface area contributed by atoms with Gasteiger partial charge in [0, 0.05) is 17.0 Å². The van der Waals surface area contributed by atoms with Gasteiger partial charge in [-0.3, -0.25) is 4.79 Å². The highest BCUT2D eigenvalue weighted by Gasteiger charge is 2.08. The summed E-state index contributed by atoms with van der Waals surface area (Å²) >= 11 is 5.80. The highest BCUT2D eigenvalue weighted by molar-refractivity contribution is 6.30. The minimum Gasteiger partial charge on any atom is -0.294 e. The first kappa shape index (κ1) is 14.7. The zero-order valence-corrected chi connectivity index (χ0v) is 12.3. The van der Waals surface area contributed by atoms with E-state index in [0.717, 1.165) is 16.7 Å². The van der Waals surface area contributed by atoms with E-state index in [1.54, 1.807) is 6.07 Å². The summed E-state index contributed by atoms with van der Waals surface area (Å²) in [7, 11) is 0. The van der Waals surface area contributed by atoms with Gasteiger partial charge in [-0.15, -0.1) is 0 Å². The van der Waals surface area contributed by atoms with E-state index in [1.165, 1.54) is 12.1 Å². The number of hydrogen-bond acceptors (Lipinski definition) is 1. The number of ketones is 1. The SMILES string of the molecule is Cc1cc(C)cc(C(=O)CCc2cc(F)cc(Cl)c2)c1. The number of carbonyl (C=O) groups is 1. The van der Waals surface area contributed by atoms with Crippen molar-refractivity contribution < 1.29 is 9.18 Å². The Labute approximate surface area is 123 Å². The number of hydrogen-bond donors (Lipinski definition) is 0. The highest BCUT2D eigenvalue weighted by atomic mass is 35.5. The Hall–Kier alpha value is -1.67. The van der Waals surface area contributed by atoms with Gasteiger partial charge in [-0.05, 0) is 56.2 Å². The van der Waals surface area contributed by atoms with E-state index in [9.17, 15) is 9.18 Å². The van der Waals surface area contributed by atoms with Crippen molar-refractivity contribution in [2.24, 2.45) is 0 Å². The van der Waals surface area contributed by atoms with Crippen LogP contribution >= 0.6 is 11.6 Å². The molecule has 104 valence electrons. The molecule has 0 saturated carbocycles. The summed E-state index contributed by atoms with van der Waals surface area (Å²) in [6, 6.07) is 10.2. The Morgan fingerprint density at radius 3 is 2.30 bits per heavy atom. The predicted octanol–water partition coefficient (Wildman–Crippen LogP) is 4.91. The van der Waals surface area contributed by atoms with Crippen molar-refractivity contribution in [3.63, 3.8) is 0 Å². The molecule has 2 aromatic carbocycles.